The Labute approximate surface area is 351 Å². The molecule has 0 fully saturated rings. The second kappa shape index (κ2) is 14.4. The van der Waals surface area contributed by atoms with Crippen LogP contribution >= 0.6 is 0 Å². The lowest BCUT2D eigenvalue weighted by Crippen LogP contribution is -2.14. The molecule has 60 heavy (non-hydrogen) atoms. The molecule has 0 spiro atoms. The largest absolute Gasteiger partial charge is 0.455 e. The van der Waals surface area contributed by atoms with Gasteiger partial charge in [0.2, 0.25) is 0 Å². The van der Waals surface area contributed by atoms with Crippen molar-refractivity contribution in [2.45, 2.75) is 19.3 Å². The molecule has 0 radical (unpaired) electrons. The van der Waals surface area contributed by atoms with Gasteiger partial charge >= 0.3 is 0 Å². The smallest absolute Gasteiger partial charge is 0.143 e. The summed E-state index contributed by atoms with van der Waals surface area (Å²) in [6.07, 6.45) is 2.33. The van der Waals surface area contributed by atoms with E-state index in [0.717, 1.165) is 49.8 Å². The summed E-state index contributed by atoms with van der Waals surface area (Å²) in [5, 5.41) is 2.24. The van der Waals surface area contributed by atoms with Crippen LogP contribution in [0.4, 0.5) is 0 Å². The van der Waals surface area contributed by atoms with E-state index in [0.29, 0.717) is 0 Å². The highest BCUT2D eigenvalue weighted by molar-refractivity contribution is 6.12. The fourth-order valence-electron chi connectivity index (χ4n) is 9.36. The first kappa shape index (κ1) is 35.7. The van der Waals surface area contributed by atoms with Gasteiger partial charge in [-0.3, -0.25) is 0 Å². The van der Waals surface area contributed by atoms with Crippen molar-refractivity contribution < 1.29 is 4.42 Å². The number of rotatable bonds is 7. The molecule has 1 aliphatic rings. The van der Waals surface area contributed by atoms with E-state index in [1.54, 1.807) is 0 Å². The summed E-state index contributed by atoms with van der Waals surface area (Å²) in [6, 6.07) is 76.9. The van der Waals surface area contributed by atoms with Crippen molar-refractivity contribution in [1.29, 1.82) is 0 Å². The molecule has 10 aromatic rings. The van der Waals surface area contributed by atoms with Crippen molar-refractivity contribution in [3.63, 3.8) is 0 Å². The van der Waals surface area contributed by atoms with E-state index >= 15 is 0 Å². The lowest BCUT2D eigenvalue weighted by molar-refractivity contribution is 0.660. The summed E-state index contributed by atoms with van der Waals surface area (Å²) >= 11 is 0. The lowest BCUT2D eigenvalue weighted by atomic mass is 9.81. The van der Waals surface area contributed by atoms with Crippen LogP contribution in [0, 0.1) is 0 Å². The molecule has 0 N–H and O–H groups in total. The van der Waals surface area contributed by atoms with Crippen LogP contribution in [0.15, 0.2) is 217 Å². The number of benzene rings is 9. The van der Waals surface area contributed by atoms with Crippen molar-refractivity contribution in [1.82, 2.24) is 0 Å². The molecule has 0 unspecified atom stereocenters. The maximum absolute atomic E-state index is 6.92. The molecular weight excluding hydrogens is 725 g/mol. The van der Waals surface area contributed by atoms with Crippen molar-refractivity contribution in [3.8, 4) is 55.6 Å². The molecule has 0 bridgehead atoms. The van der Waals surface area contributed by atoms with Gasteiger partial charge in [0.15, 0.2) is 0 Å². The molecule has 0 saturated heterocycles. The van der Waals surface area contributed by atoms with Crippen molar-refractivity contribution >= 4 is 33.6 Å². The molecule has 1 aliphatic carbocycles. The molecule has 1 nitrogen and oxygen atoms in total. The van der Waals surface area contributed by atoms with E-state index in [1.807, 2.05) is 0 Å². The summed E-state index contributed by atoms with van der Waals surface area (Å²) in [4.78, 5) is 0. The summed E-state index contributed by atoms with van der Waals surface area (Å²) in [5.41, 5.74) is 21.0. The van der Waals surface area contributed by atoms with Gasteiger partial charge in [-0.2, -0.15) is 0 Å². The zero-order valence-electron chi connectivity index (χ0n) is 33.7. The zero-order valence-corrected chi connectivity index (χ0v) is 33.7. The minimum absolute atomic E-state index is 0.115. The number of hydrogen-bond donors (Lipinski definition) is 0. The van der Waals surface area contributed by atoms with E-state index in [1.165, 1.54) is 61.2 Å². The van der Waals surface area contributed by atoms with Gasteiger partial charge in [0, 0.05) is 27.3 Å². The van der Waals surface area contributed by atoms with Gasteiger partial charge in [0.25, 0.3) is 0 Å². The van der Waals surface area contributed by atoms with Crippen molar-refractivity contribution in [3.05, 3.63) is 240 Å². The number of para-hydroxylation sites is 2. The molecule has 1 aromatic heterocycles. The fraction of sp³-hybridized carbons (Fsp3) is 0.0508. The maximum Gasteiger partial charge on any atom is 0.143 e. The van der Waals surface area contributed by atoms with Gasteiger partial charge in [0.1, 0.15) is 11.2 Å². The summed E-state index contributed by atoms with van der Waals surface area (Å²) < 4.78 is 6.92. The third-order valence-corrected chi connectivity index (χ3v) is 12.6. The minimum Gasteiger partial charge on any atom is -0.455 e. The van der Waals surface area contributed by atoms with Crippen LogP contribution in [0.3, 0.4) is 0 Å². The number of fused-ring (bicyclic) bond motifs is 6. The van der Waals surface area contributed by atoms with Crippen LogP contribution in [-0.2, 0) is 5.41 Å². The fourth-order valence-corrected chi connectivity index (χ4v) is 9.36. The van der Waals surface area contributed by atoms with Gasteiger partial charge in [-0.1, -0.05) is 214 Å². The predicted octanol–water partition coefficient (Wildman–Crippen LogP) is 16.1. The SMILES string of the molecule is CC1(C)c2ccc(/C(=C/c3cccc4c3oc3c(-c5ccccc5)cccc34)c3ccc(-c4ccc(-c5ccccc5)cc4)cc3)cc2-c2cc(-c3ccccc3)ccc21. The van der Waals surface area contributed by atoms with E-state index in [4.69, 9.17) is 4.42 Å². The molecule has 0 atom stereocenters. The standard InChI is InChI=1S/C59H42O/c1-59(2)55-34-32-46(40-16-8-4-9-17-40)36-53(55)54-37-47(33-35-56(54)59)52(45-30-28-43(29-31-45)42-26-24-41(25-27-42)39-14-6-3-7-15-39)38-48-20-12-22-50-51-23-13-21-49(58(51)60-57(48)50)44-18-10-5-11-19-44/h3-38H,1-2H3/b52-38+. The number of furan rings is 1. The Morgan fingerprint density at radius 1 is 0.367 bits per heavy atom. The van der Waals surface area contributed by atoms with Crippen LogP contribution < -0.4 is 0 Å². The van der Waals surface area contributed by atoms with Crippen LogP contribution in [0.1, 0.15) is 41.7 Å². The number of hydrogen-bond acceptors (Lipinski definition) is 1. The van der Waals surface area contributed by atoms with Crippen LogP contribution in [0.2, 0.25) is 0 Å². The minimum atomic E-state index is -0.115. The molecule has 0 aliphatic heterocycles. The molecule has 0 amide bonds. The second-order valence-electron chi connectivity index (χ2n) is 16.5. The average molecular weight is 767 g/mol. The van der Waals surface area contributed by atoms with Crippen LogP contribution in [-0.4, -0.2) is 0 Å². The highest BCUT2D eigenvalue weighted by atomic mass is 16.3. The molecule has 11 rings (SSSR count). The van der Waals surface area contributed by atoms with Gasteiger partial charge < -0.3 is 4.42 Å². The third-order valence-electron chi connectivity index (χ3n) is 12.6. The maximum atomic E-state index is 6.92. The van der Waals surface area contributed by atoms with Gasteiger partial charge in [0.05, 0.1) is 0 Å². The first-order chi connectivity index (χ1) is 29.5. The normalized spacial score (nSPS) is 13.1. The third kappa shape index (κ3) is 6.10. The Hall–Kier alpha value is -7.48. The summed E-state index contributed by atoms with van der Waals surface area (Å²) in [6.45, 7) is 4.71. The van der Waals surface area contributed by atoms with Crippen LogP contribution in [0.5, 0.6) is 0 Å². The van der Waals surface area contributed by atoms with Crippen molar-refractivity contribution in [2.24, 2.45) is 0 Å². The Kier molecular flexibility index (Phi) is 8.57. The molecule has 0 saturated carbocycles. The topological polar surface area (TPSA) is 13.1 Å². The van der Waals surface area contributed by atoms with Crippen LogP contribution in [0.25, 0.3) is 89.2 Å². The molecule has 9 aromatic carbocycles. The van der Waals surface area contributed by atoms with Crippen molar-refractivity contribution in [2.75, 3.05) is 0 Å². The predicted molar refractivity (Wildman–Crippen MR) is 253 cm³/mol. The summed E-state index contributed by atoms with van der Waals surface area (Å²) in [7, 11) is 0. The highest BCUT2D eigenvalue weighted by Crippen LogP contribution is 2.51. The van der Waals surface area contributed by atoms with E-state index < -0.39 is 0 Å². The Balaban J connectivity index is 1.06. The first-order valence-electron chi connectivity index (χ1n) is 20.8. The second-order valence-corrected chi connectivity index (χ2v) is 16.5. The van der Waals surface area contributed by atoms with E-state index in [9.17, 15) is 0 Å². The molecular formula is C59H42O. The Morgan fingerprint density at radius 3 is 1.47 bits per heavy atom. The Bertz CT molecular complexity index is 3220. The first-order valence-corrected chi connectivity index (χ1v) is 20.8. The quantitative estimate of drug-likeness (QED) is 0.147. The van der Waals surface area contributed by atoms with E-state index in [2.05, 4.69) is 232 Å². The van der Waals surface area contributed by atoms with Gasteiger partial charge in [-0.05, 0) is 96.1 Å². The lowest BCUT2D eigenvalue weighted by Gasteiger charge is -2.22. The molecule has 1 heteroatoms. The monoisotopic (exact) mass is 766 g/mol. The van der Waals surface area contributed by atoms with Gasteiger partial charge in [-0.25, -0.2) is 0 Å². The van der Waals surface area contributed by atoms with E-state index in [-0.39, 0.29) is 5.41 Å². The molecule has 1 heterocycles. The molecule has 284 valence electrons. The summed E-state index contributed by atoms with van der Waals surface area (Å²) in [5.74, 6) is 0. The van der Waals surface area contributed by atoms with Gasteiger partial charge in [-0.15, -0.1) is 0 Å². The average Bonchev–Trinajstić information content (AvgIpc) is 3.81. The zero-order chi connectivity index (χ0) is 40.2. The highest BCUT2D eigenvalue weighted by Gasteiger charge is 2.36. The Morgan fingerprint density at radius 2 is 0.833 bits per heavy atom.